The van der Waals surface area contributed by atoms with Crippen LogP contribution in [-0.4, -0.2) is 47.1 Å². The van der Waals surface area contributed by atoms with Gasteiger partial charge in [0.2, 0.25) is 9.84 Å². The zero-order valence-corrected chi connectivity index (χ0v) is 24.1. The highest BCUT2D eigenvalue weighted by molar-refractivity contribution is 14.1. The van der Waals surface area contributed by atoms with Crippen LogP contribution >= 0.6 is 90.4 Å². The van der Waals surface area contributed by atoms with Gasteiger partial charge in [0.1, 0.15) is 36.9 Å². The van der Waals surface area contributed by atoms with Crippen molar-refractivity contribution in [2.24, 2.45) is 0 Å². The Bertz CT molecular complexity index is 927. The van der Waals surface area contributed by atoms with Gasteiger partial charge in [-0.1, -0.05) is 0 Å². The van der Waals surface area contributed by atoms with Crippen LogP contribution in [0.1, 0.15) is 0 Å². The molecule has 2 aliphatic heterocycles. The average molecular weight is 866 g/mol. The van der Waals surface area contributed by atoms with E-state index in [1.54, 1.807) is 24.3 Å². The zero-order valence-electron chi connectivity index (χ0n) is 14.7. The van der Waals surface area contributed by atoms with Crippen LogP contribution in [0.25, 0.3) is 0 Å². The van der Waals surface area contributed by atoms with Crippen molar-refractivity contribution in [3.63, 3.8) is 0 Å². The molecule has 0 amide bonds. The van der Waals surface area contributed by atoms with E-state index in [2.05, 4.69) is 90.4 Å². The maximum absolute atomic E-state index is 13.3. The van der Waals surface area contributed by atoms with Crippen molar-refractivity contribution in [3.05, 3.63) is 38.5 Å². The molecule has 0 saturated carbocycles. The fourth-order valence-electron chi connectivity index (χ4n) is 2.48. The molecule has 2 heterocycles. The molecule has 11 heteroatoms. The highest BCUT2D eigenvalue weighted by Gasteiger charge is 2.27. The van der Waals surface area contributed by atoms with E-state index in [0.29, 0.717) is 37.9 Å². The molecule has 2 aromatic carbocycles. The Morgan fingerprint density at radius 2 is 1.07 bits per heavy atom. The average Bonchev–Trinajstić information content (AvgIpc) is 3.54. The molecule has 29 heavy (non-hydrogen) atoms. The van der Waals surface area contributed by atoms with E-state index in [9.17, 15) is 8.42 Å². The van der Waals surface area contributed by atoms with Crippen molar-refractivity contribution in [2.45, 2.75) is 22.0 Å². The molecule has 4 rings (SSSR count). The molecule has 0 spiro atoms. The van der Waals surface area contributed by atoms with Crippen molar-refractivity contribution >= 4 is 100 Å². The molecule has 2 atom stereocenters. The number of rotatable bonds is 8. The van der Waals surface area contributed by atoms with Gasteiger partial charge in [0.05, 0.1) is 37.3 Å². The summed E-state index contributed by atoms with van der Waals surface area (Å²) in [5.74, 6) is 1.38. The molecular weight excluding hydrogens is 852 g/mol. The second-order valence-electron chi connectivity index (χ2n) is 6.47. The SMILES string of the molecule is O=S(=O)(c1cc(I)c(OC[C@@H]2CO2)c(I)c1)c1cc(I)c(OC[C@H]2CO2)c(I)c1. The summed E-state index contributed by atoms with van der Waals surface area (Å²) in [6.07, 6.45) is 0.280. The van der Waals surface area contributed by atoms with Gasteiger partial charge in [0.25, 0.3) is 0 Å². The van der Waals surface area contributed by atoms with Gasteiger partial charge in [-0.3, -0.25) is 0 Å². The van der Waals surface area contributed by atoms with Crippen LogP contribution in [-0.2, 0) is 19.3 Å². The van der Waals surface area contributed by atoms with Gasteiger partial charge in [-0.2, -0.15) is 0 Å². The molecule has 0 aliphatic carbocycles. The highest BCUT2D eigenvalue weighted by Crippen LogP contribution is 2.36. The van der Waals surface area contributed by atoms with E-state index in [4.69, 9.17) is 18.9 Å². The minimum Gasteiger partial charge on any atom is -0.489 e. The first-order chi connectivity index (χ1) is 13.8. The normalized spacial score (nSPS) is 20.4. The van der Waals surface area contributed by atoms with E-state index >= 15 is 0 Å². The fourth-order valence-corrected chi connectivity index (χ4v) is 8.84. The molecule has 0 radical (unpaired) electrons. The standard InChI is InChI=1S/C18H14I4O6S/c19-13-1-11(2-14(20)17(13)27-7-9-5-25-9)29(23,24)12-3-15(21)18(16(22)4-12)28-8-10-6-26-10/h1-4,9-10H,5-8H2/t9-,10+. The number of benzene rings is 2. The Morgan fingerprint density at radius 1 is 0.759 bits per heavy atom. The number of hydrogen-bond acceptors (Lipinski definition) is 6. The van der Waals surface area contributed by atoms with Gasteiger partial charge in [-0.05, 0) is 115 Å². The molecule has 2 aromatic rings. The smallest absolute Gasteiger partial charge is 0.206 e. The van der Waals surface area contributed by atoms with Crippen molar-refractivity contribution in [1.29, 1.82) is 0 Å². The molecule has 0 N–H and O–H groups in total. The number of ether oxygens (including phenoxy) is 4. The Balaban J connectivity index is 1.61. The molecule has 0 unspecified atom stereocenters. The topological polar surface area (TPSA) is 77.7 Å². The quantitative estimate of drug-likeness (QED) is 0.288. The minimum atomic E-state index is -3.68. The zero-order chi connectivity index (χ0) is 20.8. The number of hydrogen-bond donors (Lipinski definition) is 0. The van der Waals surface area contributed by atoms with E-state index in [1.807, 2.05) is 0 Å². The summed E-state index contributed by atoms with van der Waals surface area (Å²) < 4.78 is 51.5. The number of sulfone groups is 1. The molecular formula is C18H14I4O6S. The predicted molar refractivity (Wildman–Crippen MR) is 140 cm³/mol. The molecule has 2 fully saturated rings. The fraction of sp³-hybridized carbons (Fsp3) is 0.333. The van der Waals surface area contributed by atoms with Gasteiger partial charge in [0.15, 0.2) is 0 Å². The van der Waals surface area contributed by atoms with E-state index < -0.39 is 9.84 Å². The first-order valence-corrected chi connectivity index (χ1v) is 14.3. The number of halogens is 4. The van der Waals surface area contributed by atoms with Crippen LogP contribution in [0.2, 0.25) is 0 Å². The Morgan fingerprint density at radius 3 is 1.34 bits per heavy atom. The monoisotopic (exact) mass is 866 g/mol. The van der Waals surface area contributed by atoms with Gasteiger partial charge < -0.3 is 18.9 Å². The summed E-state index contributed by atoms with van der Waals surface area (Å²) in [5.41, 5.74) is 0. The minimum absolute atomic E-state index is 0.140. The third kappa shape index (κ3) is 5.61. The molecule has 156 valence electrons. The van der Waals surface area contributed by atoms with Gasteiger partial charge in [0, 0.05) is 0 Å². The molecule has 6 nitrogen and oxygen atoms in total. The van der Waals surface area contributed by atoms with E-state index in [-0.39, 0.29) is 22.0 Å². The summed E-state index contributed by atoms with van der Waals surface area (Å²) in [6, 6.07) is 6.59. The lowest BCUT2D eigenvalue weighted by atomic mass is 10.3. The third-order valence-corrected chi connectivity index (χ3v) is 9.11. The summed E-state index contributed by atoms with van der Waals surface area (Å²) in [5, 5.41) is 0. The van der Waals surface area contributed by atoms with Crippen molar-refractivity contribution in [1.82, 2.24) is 0 Å². The molecule has 2 saturated heterocycles. The lowest BCUT2D eigenvalue weighted by Gasteiger charge is -2.14. The molecule has 2 aliphatic rings. The Hall–Kier alpha value is 0.830. The molecule has 0 aromatic heterocycles. The van der Waals surface area contributed by atoms with Crippen LogP contribution in [0.3, 0.4) is 0 Å². The second-order valence-corrected chi connectivity index (χ2v) is 13.1. The van der Waals surface area contributed by atoms with Crippen LogP contribution in [0, 0.1) is 14.3 Å². The largest absolute Gasteiger partial charge is 0.489 e. The Kier molecular flexibility index (Phi) is 7.43. The van der Waals surface area contributed by atoms with Crippen LogP contribution in [0.15, 0.2) is 34.1 Å². The first kappa shape index (κ1) is 23.0. The maximum Gasteiger partial charge on any atom is 0.206 e. The lowest BCUT2D eigenvalue weighted by Crippen LogP contribution is -2.10. The van der Waals surface area contributed by atoms with Crippen molar-refractivity contribution in [2.75, 3.05) is 26.4 Å². The predicted octanol–water partition coefficient (Wildman–Crippen LogP) is 4.49. The lowest BCUT2D eigenvalue weighted by molar-refractivity contribution is 0.260. The first-order valence-electron chi connectivity index (χ1n) is 8.47. The maximum atomic E-state index is 13.3. The van der Waals surface area contributed by atoms with Crippen molar-refractivity contribution in [3.8, 4) is 11.5 Å². The van der Waals surface area contributed by atoms with E-state index in [0.717, 1.165) is 14.3 Å². The van der Waals surface area contributed by atoms with E-state index in [1.165, 1.54) is 0 Å². The van der Waals surface area contributed by atoms with Crippen molar-refractivity contribution < 1.29 is 27.4 Å². The van der Waals surface area contributed by atoms with Crippen LogP contribution in [0.4, 0.5) is 0 Å². The summed E-state index contributed by atoms with van der Waals surface area (Å²) in [6.45, 7) is 2.37. The second kappa shape index (κ2) is 9.36. The van der Waals surface area contributed by atoms with Gasteiger partial charge in [-0.25, -0.2) is 8.42 Å². The highest BCUT2D eigenvalue weighted by atomic mass is 127. The Labute approximate surface area is 223 Å². The van der Waals surface area contributed by atoms with Crippen LogP contribution < -0.4 is 9.47 Å². The summed E-state index contributed by atoms with van der Waals surface area (Å²) in [4.78, 5) is 0.487. The summed E-state index contributed by atoms with van der Waals surface area (Å²) >= 11 is 8.44. The summed E-state index contributed by atoms with van der Waals surface area (Å²) in [7, 11) is -3.68. The van der Waals surface area contributed by atoms with Gasteiger partial charge >= 0.3 is 0 Å². The number of epoxide rings is 2. The third-order valence-electron chi connectivity index (χ3n) is 4.20. The van der Waals surface area contributed by atoms with Crippen LogP contribution in [0.5, 0.6) is 11.5 Å². The van der Waals surface area contributed by atoms with Gasteiger partial charge in [-0.15, -0.1) is 0 Å². The molecule has 0 bridgehead atoms.